The molecule has 0 bridgehead atoms. The van der Waals surface area contributed by atoms with Gasteiger partial charge in [-0.1, -0.05) is 79.1 Å². The fourth-order valence-electron chi connectivity index (χ4n) is 2.54. The van der Waals surface area contributed by atoms with Gasteiger partial charge in [0.1, 0.15) is 0 Å². The van der Waals surface area contributed by atoms with Crippen LogP contribution in [0.2, 0.25) is 0 Å². The SMILES string of the molecule is CCCCCC(CCCCC)NCC(CC)CC. The number of nitrogens with one attached hydrogen (secondary N) is 1. The molecular weight excluding hydrogens is 218 g/mol. The molecule has 0 aromatic heterocycles. The zero-order chi connectivity index (χ0) is 13.6. The lowest BCUT2D eigenvalue weighted by Crippen LogP contribution is -2.33. The lowest BCUT2D eigenvalue weighted by Gasteiger charge is -2.22. The largest absolute Gasteiger partial charge is 0.314 e. The first-order chi connectivity index (χ1) is 8.78. The van der Waals surface area contributed by atoms with Gasteiger partial charge < -0.3 is 5.32 Å². The molecule has 0 spiro atoms. The molecule has 1 nitrogen and oxygen atoms in total. The van der Waals surface area contributed by atoms with E-state index in [0.717, 1.165) is 12.0 Å². The second-order valence-corrected chi connectivity index (χ2v) is 5.78. The predicted molar refractivity (Wildman–Crippen MR) is 84.1 cm³/mol. The van der Waals surface area contributed by atoms with E-state index in [4.69, 9.17) is 0 Å². The minimum absolute atomic E-state index is 0.781. The molecule has 0 fully saturated rings. The van der Waals surface area contributed by atoms with Crippen molar-refractivity contribution in [1.29, 1.82) is 0 Å². The highest BCUT2D eigenvalue weighted by atomic mass is 14.9. The third-order valence-corrected chi connectivity index (χ3v) is 4.16. The Morgan fingerprint density at radius 2 is 1.22 bits per heavy atom. The van der Waals surface area contributed by atoms with Crippen molar-refractivity contribution in [1.82, 2.24) is 5.32 Å². The van der Waals surface area contributed by atoms with E-state index < -0.39 is 0 Å². The normalized spacial score (nSPS) is 11.7. The van der Waals surface area contributed by atoms with Gasteiger partial charge in [-0.15, -0.1) is 0 Å². The molecule has 0 aromatic carbocycles. The van der Waals surface area contributed by atoms with Gasteiger partial charge in [-0.2, -0.15) is 0 Å². The van der Waals surface area contributed by atoms with E-state index in [1.54, 1.807) is 0 Å². The maximum Gasteiger partial charge on any atom is 0.00671 e. The number of hydrogen-bond donors (Lipinski definition) is 1. The topological polar surface area (TPSA) is 12.0 Å². The van der Waals surface area contributed by atoms with Gasteiger partial charge in [0, 0.05) is 6.04 Å². The van der Waals surface area contributed by atoms with Crippen molar-refractivity contribution >= 4 is 0 Å². The third kappa shape index (κ3) is 9.94. The Morgan fingerprint density at radius 1 is 0.722 bits per heavy atom. The maximum absolute atomic E-state index is 3.84. The number of hydrogen-bond acceptors (Lipinski definition) is 1. The number of rotatable bonds is 13. The quantitative estimate of drug-likeness (QED) is 0.426. The summed E-state index contributed by atoms with van der Waals surface area (Å²) in [6.07, 6.45) is 13.7. The molecule has 0 atom stereocenters. The third-order valence-electron chi connectivity index (χ3n) is 4.16. The van der Waals surface area contributed by atoms with E-state index in [1.165, 1.54) is 70.8 Å². The van der Waals surface area contributed by atoms with E-state index in [-0.39, 0.29) is 0 Å². The van der Waals surface area contributed by atoms with Crippen LogP contribution >= 0.6 is 0 Å². The summed E-state index contributed by atoms with van der Waals surface area (Å²) in [6, 6.07) is 0.781. The fourth-order valence-corrected chi connectivity index (χ4v) is 2.54. The Balaban J connectivity index is 3.86. The van der Waals surface area contributed by atoms with Gasteiger partial charge in [0.2, 0.25) is 0 Å². The second-order valence-electron chi connectivity index (χ2n) is 5.78. The van der Waals surface area contributed by atoms with Gasteiger partial charge >= 0.3 is 0 Å². The molecule has 1 N–H and O–H groups in total. The average Bonchev–Trinajstić information content (AvgIpc) is 2.39. The van der Waals surface area contributed by atoms with Crippen molar-refractivity contribution in [2.24, 2.45) is 5.92 Å². The molecule has 0 rings (SSSR count). The molecule has 110 valence electrons. The first kappa shape index (κ1) is 18.0. The highest BCUT2D eigenvalue weighted by molar-refractivity contribution is 4.69. The van der Waals surface area contributed by atoms with E-state index in [2.05, 4.69) is 33.0 Å². The molecule has 1 heteroatoms. The van der Waals surface area contributed by atoms with E-state index in [0.29, 0.717) is 0 Å². The van der Waals surface area contributed by atoms with Gasteiger partial charge in [-0.05, 0) is 25.3 Å². The maximum atomic E-state index is 3.84. The molecule has 0 aliphatic carbocycles. The van der Waals surface area contributed by atoms with Crippen LogP contribution in [0, 0.1) is 5.92 Å². The fraction of sp³-hybridized carbons (Fsp3) is 1.00. The molecule has 18 heavy (non-hydrogen) atoms. The molecule has 0 heterocycles. The molecule has 0 amide bonds. The van der Waals surface area contributed by atoms with Gasteiger partial charge in [-0.25, -0.2) is 0 Å². The molecule has 0 radical (unpaired) electrons. The van der Waals surface area contributed by atoms with Crippen LogP contribution in [0.1, 0.15) is 91.9 Å². The molecule has 0 unspecified atom stereocenters. The van der Waals surface area contributed by atoms with Gasteiger partial charge in [0.25, 0.3) is 0 Å². The van der Waals surface area contributed by atoms with Crippen molar-refractivity contribution in [3.05, 3.63) is 0 Å². The highest BCUT2D eigenvalue weighted by Crippen LogP contribution is 2.13. The Labute approximate surface area is 116 Å². The van der Waals surface area contributed by atoms with E-state index >= 15 is 0 Å². The number of unbranched alkanes of at least 4 members (excludes halogenated alkanes) is 4. The smallest absolute Gasteiger partial charge is 0.00671 e. The van der Waals surface area contributed by atoms with Crippen LogP contribution in [0.25, 0.3) is 0 Å². The summed E-state index contributed by atoms with van der Waals surface area (Å²) in [4.78, 5) is 0. The molecule has 0 saturated heterocycles. The Kier molecular flexibility index (Phi) is 13.4. The van der Waals surface area contributed by atoms with Gasteiger partial charge in [0.05, 0.1) is 0 Å². The van der Waals surface area contributed by atoms with Crippen LogP contribution in [0.15, 0.2) is 0 Å². The van der Waals surface area contributed by atoms with Crippen LogP contribution in [-0.4, -0.2) is 12.6 Å². The Hall–Kier alpha value is -0.0400. The predicted octanol–water partition coefficient (Wildman–Crippen LogP) is 5.54. The van der Waals surface area contributed by atoms with Crippen molar-refractivity contribution in [2.75, 3.05) is 6.54 Å². The zero-order valence-corrected chi connectivity index (χ0v) is 13.4. The van der Waals surface area contributed by atoms with Crippen LogP contribution in [0.3, 0.4) is 0 Å². The van der Waals surface area contributed by atoms with Crippen molar-refractivity contribution < 1.29 is 0 Å². The summed E-state index contributed by atoms with van der Waals surface area (Å²) in [5.41, 5.74) is 0. The van der Waals surface area contributed by atoms with Crippen molar-refractivity contribution in [3.63, 3.8) is 0 Å². The zero-order valence-electron chi connectivity index (χ0n) is 13.4. The van der Waals surface area contributed by atoms with Gasteiger partial charge in [0.15, 0.2) is 0 Å². The van der Waals surface area contributed by atoms with Crippen LogP contribution in [0.4, 0.5) is 0 Å². The standard InChI is InChI=1S/C17H37N/c1-5-9-11-13-17(14-12-10-6-2)18-15-16(7-3)8-4/h16-18H,5-15H2,1-4H3. The van der Waals surface area contributed by atoms with E-state index in [9.17, 15) is 0 Å². The van der Waals surface area contributed by atoms with Crippen LogP contribution < -0.4 is 5.32 Å². The lowest BCUT2D eigenvalue weighted by molar-refractivity contribution is 0.367. The van der Waals surface area contributed by atoms with E-state index in [1.807, 2.05) is 0 Å². The summed E-state index contributed by atoms with van der Waals surface area (Å²) in [6.45, 7) is 10.5. The summed E-state index contributed by atoms with van der Waals surface area (Å²) in [5, 5.41) is 3.84. The van der Waals surface area contributed by atoms with Crippen molar-refractivity contribution in [2.45, 2.75) is 97.9 Å². The second kappa shape index (κ2) is 13.4. The Bertz CT molecular complexity index is 142. The molecule has 0 aromatic rings. The lowest BCUT2D eigenvalue weighted by atomic mass is 9.99. The van der Waals surface area contributed by atoms with Crippen LogP contribution in [-0.2, 0) is 0 Å². The summed E-state index contributed by atoms with van der Waals surface area (Å²) in [7, 11) is 0. The summed E-state index contributed by atoms with van der Waals surface area (Å²) < 4.78 is 0. The molecule has 0 aliphatic rings. The first-order valence-electron chi connectivity index (χ1n) is 8.51. The first-order valence-corrected chi connectivity index (χ1v) is 8.51. The molecule has 0 saturated carbocycles. The van der Waals surface area contributed by atoms with Crippen LogP contribution in [0.5, 0.6) is 0 Å². The average molecular weight is 255 g/mol. The molecular formula is C17H37N. The van der Waals surface area contributed by atoms with Gasteiger partial charge in [-0.3, -0.25) is 0 Å². The van der Waals surface area contributed by atoms with Crippen molar-refractivity contribution in [3.8, 4) is 0 Å². The monoisotopic (exact) mass is 255 g/mol. The summed E-state index contributed by atoms with van der Waals surface area (Å²) >= 11 is 0. The highest BCUT2D eigenvalue weighted by Gasteiger charge is 2.10. The summed E-state index contributed by atoms with van der Waals surface area (Å²) in [5.74, 6) is 0.879. The minimum atomic E-state index is 0.781. The minimum Gasteiger partial charge on any atom is -0.314 e. The molecule has 0 aliphatic heterocycles. The Morgan fingerprint density at radius 3 is 1.61 bits per heavy atom.